The van der Waals surface area contributed by atoms with Gasteiger partial charge in [-0.3, -0.25) is 4.79 Å². The van der Waals surface area contributed by atoms with Gasteiger partial charge >= 0.3 is 5.97 Å². The minimum Gasteiger partial charge on any atom is -0.481 e. The first-order valence-corrected chi connectivity index (χ1v) is 8.69. The molecule has 0 unspecified atom stereocenters. The fourth-order valence-corrected chi connectivity index (χ4v) is 4.53. The summed E-state index contributed by atoms with van der Waals surface area (Å²) in [5.41, 5.74) is 2.47. The van der Waals surface area contributed by atoms with E-state index >= 15 is 0 Å². The number of carboxylic acids is 1. The van der Waals surface area contributed by atoms with Crippen molar-refractivity contribution in [2.45, 2.75) is 64.8 Å². The summed E-state index contributed by atoms with van der Waals surface area (Å²) in [6.07, 6.45) is 0.144. The van der Waals surface area contributed by atoms with Gasteiger partial charge < -0.3 is 5.11 Å². The highest BCUT2D eigenvalue weighted by atomic mass is 32.2. The molecule has 0 amide bonds. The van der Waals surface area contributed by atoms with Gasteiger partial charge in [0.15, 0.2) is 0 Å². The molecule has 1 rings (SSSR count). The quantitative estimate of drug-likeness (QED) is 0.841. The number of rotatable bonds is 6. The summed E-state index contributed by atoms with van der Waals surface area (Å²) in [4.78, 5) is 11.0. The number of hydrogen-bond acceptors (Lipinski definition) is 3. The van der Waals surface area contributed by atoms with Crippen LogP contribution in [0.1, 0.15) is 48.9 Å². The summed E-state index contributed by atoms with van der Waals surface area (Å²) in [5, 5.41) is 8.78. The lowest BCUT2D eigenvalue weighted by atomic mass is 10.0. The Morgan fingerprint density at radius 1 is 1.14 bits per heavy atom. The average Bonchev–Trinajstić information content (AvgIpc) is 2.33. The van der Waals surface area contributed by atoms with Gasteiger partial charge in [0.1, 0.15) is 0 Å². The van der Waals surface area contributed by atoms with E-state index < -0.39 is 21.5 Å². The maximum Gasteiger partial charge on any atom is 0.303 e. The van der Waals surface area contributed by atoms with Gasteiger partial charge in [-0.15, -0.1) is 0 Å². The molecule has 0 aromatic heterocycles. The van der Waals surface area contributed by atoms with Crippen molar-refractivity contribution in [2.24, 2.45) is 0 Å². The lowest BCUT2D eigenvalue weighted by Gasteiger charge is -2.27. The lowest BCUT2D eigenvalue weighted by molar-refractivity contribution is -0.137. The molecule has 0 saturated heterocycles. The maximum absolute atomic E-state index is 12.8. The van der Waals surface area contributed by atoms with Gasteiger partial charge in [0.2, 0.25) is 10.0 Å². The fraction of sp³-hybridized carbons (Fsp3) is 0.562. The Bertz CT molecular complexity index is 664. The molecular formula is C16H25NO4S. The molecule has 22 heavy (non-hydrogen) atoms. The smallest absolute Gasteiger partial charge is 0.303 e. The van der Waals surface area contributed by atoms with E-state index in [-0.39, 0.29) is 12.8 Å². The summed E-state index contributed by atoms with van der Waals surface area (Å²) in [6.45, 7) is 10.7. The van der Waals surface area contributed by atoms with Crippen LogP contribution in [-0.4, -0.2) is 25.0 Å². The van der Waals surface area contributed by atoms with Crippen LogP contribution < -0.4 is 4.72 Å². The van der Waals surface area contributed by atoms with E-state index in [0.717, 1.165) is 22.3 Å². The number of carbonyl (C=O) groups is 1. The van der Waals surface area contributed by atoms with E-state index in [2.05, 4.69) is 4.72 Å². The molecular weight excluding hydrogens is 302 g/mol. The molecule has 0 heterocycles. The summed E-state index contributed by atoms with van der Waals surface area (Å²) >= 11 is 0. The summed E-state index contributed by atoms with van der Waals surface area (Å²) in [6, 6.07) is 1.97. The van der Waals surface area contributed by atoms with Crippen molar-refractivity contribution in [1.29, 1.82) is 0 Å². The zero-order chi connectivity index (χ0) is 17.3. The number of benzene rings is 1. The Morgan fingerprint density at radius 2 is 1.59 bits per heavy atom. The summed E-state index contributed by atoms with van der Waals surface area (Å²) in [7, 11) is -3.72. The van der Waals surface area contributed by atoms with Crippen LogP contribution in [0.25, 0.3) is 0 Å². The van der Waals surface area contributed by atoms with E-state index in [1.165, 1.54) is 0 Å². The van der Waals surface area contributed by atoms with Gasteiger partial charge in [0.05, 0.1) is 4.90 Å². The average molecular weight is 327 g/mol. The predicted molar refractivity (Wildman–Crippen MR) is 86.7 cm³/mol. The first-order chi connectivity index (χ1) is 9.87. The van der Waals surface area contributed by atoms with Gasteiger partial charge in [0.25, 0.3) is 0 Å². The molecule has 0 radical (unpaired) electrons. The van der Waals surface area contributed by atoms with Crippen LogP contribution in [0.3, 0.4) is 0 Å². The lowest BCUT2D eigenvalue weighted by Crippen LogP contribution is -2.44. The van der Waals surface area contributed by atoms with E-state index in [1.807, 2.05) is 19.9 Å². The molecule has 0 saturated carbocycles. The molecule has 0 aliphatic carbocycles. The Hall–Kier alpha value is -1.40. The third-order valence-electron chi connectivity index (χ3n) is 3.94. The molecule has 0 aliphatic heterocycles. The standard InChI is InChI=1S/C16H25NO4S/c1-10-9-11(2)13(4)15(12(10)3)22(20,21)17-16(5,6)8-7-14(18)19/h9,17H,7-8H2,1-6H3,(H,18,19). The van der Waals surface area contributed by atoms with Crippen molar-refractivity contribution in [1.82, 2.24) is 4.72 Å². The SMILES string of the molecule is Cc1cc(C)c(C)c(S(=O)(=O)NC(C)(C)CCC(=O)O)c1C. The Morgan fingerprint density at radius 3 is 2.00 bits per heavy atom. The van der Waals surface area contributed by atoms with Gasteiger partial charge in [-0.2, -0.15) is 0 Å². The number of nitrogens with one attached hydrogen (secondary N) is 1. The molecule has 0 aliphatic rings. The van der Waals surface area contributed by atoms with E-state index in [1.54, 1.807) is 27.7 Å². The topological polar surface area (TPSA) is 83.5 Å². The van der Waals surface area contributed by atoms with Crippen molar-refractivity contribution in [3.8, 4) is 0 Å². The van der Waals surface area contributed by atoms with Crippen molar-refractivity contribution < 1.29 is 18.3 Å². The van der Waals surface area contributed by atoms with Gasteiger partial charge in [-0.25, -0.2) is 13.1 Å². The van der Waals surface area contributed by atoms with E-state index in [0.29, 0.717) is 4.90 Å². The Balaban J connectivity index is 3.24. The third-order valence-corrected chi connectivity index (χ3v) is 5.91. The minimum absolute atomic E-state index is 0.0830. The molecule has 124 valence electrons. The highest BCUT2D eigenvalue weighted by molar-refractivity contribution is 7.89. The van der Waals surface area contributed by atoms with Gasteiger partial charge in [0, 0.05) is 12.0 Å². The first-order valence-electron chi connectivity index (χ1n) is 7.20. The second-order valence-electron chi connectivity index (χ2n) is 6.47. The molecule has 5 nitrogen and oxygen atoms in total. The summed E-state index contributed by atoms with van der Waals surface area (Å²) in [5.74, 6) is -0.939. The molecule has 0 atom stereocenters. The zero-order valence-electron chi connectivity index (χ0n) is 14.1. The van der Waals surface area contributed by atoms with Crippen molar-refractivity contribution in [3.05, 3.63) is 28.3 Å². The van der Waals surface area contributed by atoms with E-state index in [9.17, 15) is 13.2 Å². The third kappa shape index (κ3) is 4.30. The van der Waals surface area contributed by atoms with Crippen LogP contribution in [-0.2, 0) is 14.8 Å². The van der Waals surface area contributed by atoms with Crippen LogP contribution in [0.5, 0.6) is 0 Å². The number of aryl methyl sites for hydroxylation is 2. The maximum atomic E-state index is 12.8. The highest BCUT2D eigenvalue weighted by Crippen LogP contribution is 2.27. The molecule has 0 bridgehead atoms. The molecule has 6 heteroatoms. The van der Waals surface area contributed by atoms with Crippen LogP contribution in [0.15, 0.2) is 11.0 Å². The monoisotopic (exact) mass is 327 g/mol. The van der Waals surface area contributed by atoms with Crippen LogP contribution in [0.2, 0.25) is 0 Å². The fourth-order valence-electron chi connectivity index (χ4n) is 2.47. The first kappa shape index (κ1) is 18.6. The van der Waals surface area contributed by atoms with Gasteiger partial charge in [-0.1, -0.05) is 6.07 Å². The molecule has 1 aromatic carbocycles. The number of aliphatic carboxylic acids is 1. The number of carboxylic acid groups (broad SMARTS) is 1. The normalized spacial score (nSPS) is 12.5. The van der Waals surface area contributed by atoms with Crippen molar-refractivity contribution in [3.63, 3.8) is 0 Å². The van der Waals surface area contributed by atoms with Crippen LogP contribution in [0, 0.1) is 27.7 Å². The Labute approximate surface area is 132 Å². The number of sulfonamides is 1. The van der Waals surface area contributed by atoms with E-state index in [4.69, 9.17) is 5.11 Å². The largest absolute Gasteiger partial charge is 0.481 e. The van der Waals surface area contributed by atoms with Crippen molar-refractivity contribution >= 4 is 16.0 Å². The number of hydrogen-bond donors (Lipinski definition) is 2. The zero-order valence-corrected chi connectivity index (χ0v) is 14.9. The molecule has 0 fully saturated rings. The van der Waals surface area contributed by atoms with Gasteiger partial charge in [-0.05, 0) is 70.2 Å². The second-order valence-corrected chi connectivity index (χ2v) is 8.09. The van der Waals surface area contributed by atoms with Crippen molar-refractivity contribution in [2.75, 3.05) is 0 Å². The molecule has 0 spiro atoms. The predicted octanol–water partition coefficient (Wildman–Crippen LogP) is 2.84. The van der Waals surface area contributed by atoms with Crippen LogP contribution in [0.4, 0.5) is 0 Å². The molecule has 1 aromatic rings. The highest BCUT2D eigenvalue weighted by Gasteiger charge is 2.29. The molecule has 2 N–H and O–H groups in total. The summed E-state index contributed by atoms with van der Waals surface area (Å²) < 4.78 is 28.2. The second kappa shape index (κ2) is 6.38. The minimum atomic E-state index is -3.72. The Kier molecular flexibility index (Phi) is 5.41. The van der Waals surface area contributed by atoms with Crippen LogP contribution >= 0.6 is 0 Å².